The van der Waals surface area contributed by atoms with Gasteiger partial charge in [-0.15, -0.1) is 0 Å². The zero-order chi connectivity index (χ0) is 21.2. The molecule has 0 saturated carbocycles. The van der Waals surface area contributed by atoms with Gasteiger partial charge in [-0.1, -0.05) is 31.8 Å². The van der Waals surface area contributed by atoms with Crippen LogP contribution in [0.15, 0.2) is 36.5 Å². The molecule has 0 radical (unpaired) electrons. The maximum atomic E-state index is 12.5. The van der Waals surface area contributed by atoms with Crippen molar-refractivity contribution in [1.82, 2.24) is 14.9 Å². The van der Waals surface area contributed by atoms with Crippen molar-refractivity contribution >= 4 is 30.6 Å². The average Bonchev–Trinajstić information content (AvgIpc) is 3.05. The van der Waals surface area contributed by atoms with Crippen LogP contribution in [0.3, 0.4) is 0 Å². The number of nitrogens with one attached hydrogen (secondary N) is 1. The van der Waals surface area contributed by atoms with Crippen LogP contribution in [0.4, 0.5) is 5.69 Å². The molecule has 6 nitrogen and oxygen atoms in total. The molecule has 0 atom stereocenters. The highest BCUT2D eigenvalue weighted by Crippen LogP contribution is 2.32. The second kappa shape index (κ2) is 8.38. The number of para-hydroxylation sites is 1. The Morgan fingerprint density at radius 1 is 1.24 bits per heavy atom. The molecule has 0 unspecified atom stereocenters. The molecule has 3 rings (SSSR count). The van der Waals surface area contributed by atoms with E-state index < -0.39 is 8.07 Å². The summed E-state index contributed by atoms with van der Waals surface area (Å²) in [5, 5.41) is 3.70. The van der Waals surface area contributed by atoms with Crippen molar-refractivity contribution in [3.63, 3.8) is 0 Å². The Kier molecular flexibility index (Phi) is 6.09. The fourth-order valence-electron chi connectivity index (χ4n) is 3.25. The summed E-state index contributed by atoms with van der Waals surface area (Å²) >= 11 is 0. The molecule has 1 aromatic carbocycles. The Hall–Kier alpha value is -2.64. The number of anilines is 1. The molecule has 0 aliphatic rings. The summed E-state index contributed by atoms with van der Waals surface area (Å²) < 4.78 is 8.00. The van der Waals surface area contributed by atoms with Crippen LogP contribution in [0.25, 0.3) is 22.2 Å². The minimum absolute atomic E-state index is 0.120. The molecule has 7 heteroatoms. The van der Waals surface area contributed by atoms with Gasteiger partial charge in [-0.3, -0.25) is 9.78 Å². The molecule has 0 saturated heterocycles. The minimum atomic E-state index is -1.16. The molecule has 154 valence electrons. The highest BCUT2D eigenvalue weighted by Gasteiger charge is 2.18. The van der Waals surface area contributed by atoms with Crippen molar-refractivity contribution in [3.05, 3.63) is 47.8 Å². The van der Waals surface area contributed by atoms with Crippen LogP contribution in [0.5, 0.6) is 0 Å². The molecule has 3 aromatic rings. The Morgan fingerprint density at radius 2 is 2.00 bits per heavy atom. The Labute approximate surface area is 173 Å². The molecule has 0 spiro atoms. The Morgan fingerprint density at radius 3 is 2.66 bits per heavy atom. The monoisotopic (exact) mass is 410 g/mol. The maximum absolute atomic E-state index is 12.5. The zero-order valence-corrected chi connectivity index (χ0v) is 18.9. The Bertz CT molecular complexity index is 1040. The smallest absolute Gasteiger partial charge is 0.253 e. The number of pyridine rings is 1. The van der Waals surface area contributed by atoms with Crippen LogP contribution in [0.1, 0.15) is 16.1 Å². The molecule has 0 aliphatic carbocycles. The van der Waals surface area contributed by atoms with E-state index in [1.807, 2.05) is 48.0 Å². The first kappa shape index (κ1) is 21.1. The molecule has 0 fully saturated rings. The van der Waals surface area contributed by atoms with Crippen LogP contribution in [0, 0.1) is 6.92 Å². The van der Waals surface area contributed by atoms with Crippen molar-refractivity contribution in [2.45, 2.75) is 39.3 Å². The number of benzene rings is 1. The van der Waals surface area contributed by atoms with E-state index >= 15 is 0 Å². The number of nitrogens with zero attached hydrogens (tertiary/aromatic N) is 2. The van der Waals surface area contributed by atoms with E-state index in [9.17, 15) is 4.79 Å². The summed E-state index contributed by atoms with van der Waals surface area (Å²) in [7, 11) is 0.481. The summed E-state index contributed by atoms with van der Waals surface area (Å²) in [5.41, 5.74) is 10.7. The number of nitrogen functional groups attached to an aromatic ring is 1. The van der Waals surface area contributed by atoms with E-state index in [1.54, 1.807) is 7.05 Å². The third-order valence-electron chi connectivity index (χ3n) is 5.00. The Balaban J connectivity index is 2.06. The van der Waals surface area contributed by atoms with Gasteiger partial charge in [0.05, 0.1) is 28.2 Å². The quantitative estimate of drug-likeness (QED) is 0.450. The second-order valence-corrected chi connectivity index (χ2v) is 14.1. The third-order valence-corrected chi connectivity index (χ3v) is 6.70. The molecule has 3 N–H and O–H groups in total. The van der Waals surface area contributed by atoms with Gasteiger partial charge in [0, 0.05) is 38.9 Å². The van der Waals surface area contributed by atoms with Gasteiger partial charge < -0.3 is 20.4 Å². The van der Waals surface area contributed by atoms with Crippen molar-refractivity contribution in [2.75, 3.05) is 19.4 Å². The van der Waals surface area contributed by atoms with Gasteiger partial charge in [-0.2, -0.15) is 0 Å². The highest BCUT2D eigenvalue weighted by molar-refractivity contribution is 6.76. The van der Waals surface area contributed by atoms with Crippen molar-refractivity contribution in [1.29, 1.82) is 0 Å². The van der Waals surface area contributed by atoms with Crippen LogP contribution >= 0.6 is 0 Å². The number of carbonyl (C=O) groups excluding carboxylic acids is 1. The summed E-state index contributed by atoms with van der Waals surface area (Å²) in [6.45, 7) is 10.00. The minimum Gasteiger partial charge on any atom is -0.397 e. The van der Waals surface area contributed by atoms with E-state index in [0.717, 1.165) is 33.9 Å². The lowest BCUT2D eigenvalue weighted by Gasteiger charge is -2.16. The van der Waals surface area contributed by atoms with Crippen molar-refractivity contribution in [3.8, 4) is 11.3 Å². The first-order valence-corrected chi connectivity index (χ1v) is 13.6. The predicted molar refractivity (Wildman–Crippen MR) is 122 cm³/mol. The van der Waals surface area contributed by atoms with E-state index in [4.69, 9.17) is 10.5 Å². The molecule has 0 aliphatic heterocycles. The third kappa shape index (κ3) is 4.68. The molecule has 0 bridgehead atoms. The number of rotatable bonds is 7. The van der Waals surface area contributed by atoms with Gasteiger partial charge >= 0.3 is 0 Å². The van der Waals surface area contributed by atoms with E-state index in [-0.39, 0.29) is 5.91 Å². The van der Waals surface area contributed by atoms with Crippen molar-refractivity contribution in [2.24, 2.45) is 0 Å². The normalized spacial score (nSPS) is 11.8. The summed E-state index contributed by atoms with van der Waals surface area (Å²) in [4.78, 5) is 17.1. The van der Waals surface area contributed by atoms with E-state index in [2.05, 4.69) is 29.9 Å². The lowest BCUT2D eigenvalue weighted by molar-refractivity contribution is 0.0897. The summed E-state index contributed by atoms with van der Waals surface area (Å²) in [5.74, 6) is -0.120. The van der Waals surface area contributed by atoms with Gasteiger partial charge in [-0.25, -0.2) is 0 Å². The maximum Gasteiger partial charge on any atom is 0.253 e. The standard InChI is InChI=1S/C22H30N4O2Si/c1-15-19(23)9-10-20(25-15)18-13-26(14-28-11-12-29(3,4)5)21-16(18)7-6-8-17(21)22(27)24-2/h6-10,13H,11-12,14,23H2,1-5H3,(H,24,27). The molecule has 2 aromatic heterocycles. The number of carbonyl (C=O) groups is 1. The zero-order valence-electron chi connectivity index (χ0n) is 17.9. The predicted octanol–water partition coefficient (Wildman–Crippen LogP) is 4.27. The van der Waals surface area contributed by atoms with E-state index in [1.165, 1.54) is 0 Å². The number of aromatic nitrogens is 2. The van der Waals surface area contributed by atoms with Crippen molar-refractivity contribution < 1.29 is 9.53 Å². The SMILES string of the molecule is CNC(=O)c1cccc2c(-c3ccc(N)c(C)n3)cn(COCC[Si](C)(C)C)c12. The first-order chi connectivity index (χ1) is 13.7. The van der Waals surface area contributed by atoms with Gasteiger partial charge in [0.15, 0.2) is 0 Å². The van der Waals surface area contributed by atoms with Crippen LogP contribution < -0.4 is 11.1 Å². The number of nitrogens with two attached hydrogens (primary N) is 1. The van der Waals surface area contributed by atoms with Crippen LogP contribution in [0.2, 0.25) is 25.7 Å². The number of aryl methyl sites for hydroxylation is 1. The van der Waals surface area contributed by atoms with Gasteiger partial charge in [0.1, 0.15) is 6.73 Å². The average molecular weight is 411 g/mol. The number of amides is 1. The number of hydrogen-bond donors (Lipinski definition) is 2. The van der Waals surface area contributed by atoms with Gasteiger partial charge in [-0.05, 0) is 31.2 Å². The van der Waals surface area contributed by atoms with Gasteiger partial charge in [0.2, 0.25) is 0 Å². The molecule has 2 heterocycles. The second-order valence-electron chi connectivity index (χ2n) is 8.51. The molecule has 1 amide bonds. The number of hydrogen-bond acceptors (Lipinski definition) is 4. The highest BCUT2D eigenvalue weighted by atomic mass is 28.3. The van der Waals surface area contributed by atoms with E-state index in [0.29, 0.717) is 24.6 Å². The topological polar surface area (TPSA) is 82.2 Å². The number of fused-ring (bicyclic) bond motifs is 1. The lowest BCUT2D eigenvalue weighted by Crippen LogP contribution is -2.22. The lowest BCUT2D eigenvalue weighted by atomic mass is 10.1. The fraction of sp³-hybridized carbons (Fsp3) is 0.364. The van der Waals surface area contributed by atoms with Gasteiger partial charge in [0.25, 0.3) is 5.91 Å². The fourth-order valence-corrected chi connectivity index (χ4v) is 4.00. The largest absolute Gasteiger partial charge is 0.397 e. The molecular formula is C22H30N4O2Si. The van der Waals surface area contributed by atoms with Crippen LogP contribution in [-0.2, 0) is 11.5 Å². The summed E-state index contributed by atoms with van der Waals surface area (Å²) in [6.07, 6.45) is 2.02. The first-order valence-electron chi connectivity index (χ1n) is 9.86. The number of ether oxygens (including phenoxy) is 1. The molecule has 29 heavy (non-hydrogen) atoms. The summed E-state index contributed by atoms with van der Waals surface area (Å²) in [6, 6.07) is 10.6. The molecular weight excluding hydrogens is 380 g/mol. The van der Waals surface area contributed by atoms with Crippen LogP contribution in [-0.4, -0.2) is 37.2 Å².